The molecule has 1 heterocycles. The van der Waals surface area contributed by atoms with Crippen LogP contribution in [0.4, 0.5) is 0 Å². The van der Waals surface area contributed by atoms with Crippen molar-refractivity contribution in [2.24, 2.45) is 0 Å². The van der Waals surface area contributed by atoms with E-state index in [1.807, 2.05) is 6.20 Å². The van der Waals surface area contributed by atoms with Crippen LogP contribution in [0.15, 0.2) is 12.3 Å². The third-order valence-electron chi connectivity index (χ3n) is 3.50. The Kier molecular flexibility index (Phi) is 4.45. The second-order valence-corrected chi connectivity index (χ2v) is 5.92. The Hall–Kier alpha value is -0.310. The highest BCUT2D eigenvalue weighted by Crippen LogP contribution is 2.36. The molecule has 2 atom stereocenters. The standard InChI is InChI=1S/C13H21BrN2/c1-2-10-16-13(8-9-15-16)11-6-4-3-5-7-12(11)14/h8-9,11-12H,2-7,10H2,1H3. The summed E-state index contributed by atoms with van der Waals surface area (Å²) in [5.41, 5.74) is 1.44. The minimum atomic E-state index is 0.641. The minimum Gasteiger partial charge on any atom is -0.269 e. The van der Waals surface area contributed by atoms with Gasteiger partial charge in [0.25, 0.3) is 0 Å². The predicted molar refractivity (Wildman–Crippen MR) is 71.1 cm³/mol. The van der Waals surface area contributed by atoms with Gasteiger partial charge in [-0.15, -0.1) is 0 Å². The topological polar surface area (TPSA) is 17.8 Å². The highest BCUT2D eigenvalue weighted by atomic mass is 79.9. The molecule has 1 aromatic rings. The van der Waals surface area contributed by atoms with Crippen LogP contribution >= 0.6 is 15.9 Å². The first-order valence-corrected chi connectivity index (χ1v) is 7.40. The summed E-state index contributed by atoms with van der Waals surface area (Å²) in [6.45, 7) is 3.27. The van der Waals surface area contributed by atoms with Gasteiger partial charge in [-0.3, -0.25) is 4.68 Å². The number of rotatable bonds is 3. The molecule has 0 N–H and O–H groups in total. The maximum absolute atomic E-state index is 4.44. The molecule has 16 heavy (non-hydrogen) atoms. The molecular weight excluding hydrogens is 264 g/mol. The van der Waals surface area contributed by atoms with Crippen molar-refractivity contribution < 1.29 is 0 Å². The van der Waals surface area contributed by atoms with Gasteiger partial charge < -0.3 is 0 Å². The zero-order chi connectivity index (χ0) is 11.4. The van der Waals surface area contributed by atoms with E-state index < -0.39 is 0 Å². The fourth-order valence-corrected chi connectivity index (χ4v) is 3.51. The summed E-state index contributed by atoms with van der Waals surface area (Å²) >= 11 is 3.87. The minimum absolute atomic E-state index is 0.641. The Balaban J connectivity index is 2.16. The van der Waals surface area contributed by atoms with Crippen molar-refractivity contribution in [3.8, 4) is 0 Å². The van der Waals surface area contributed by atoms with Gasteiger partial charge in [0.05, 0.1) is 0 Å². The highest BCUT2D eigenvalue weighted by molar-refractivity contribution is 9.09. The number of nitrogens with zero attached hydrogens (tertiary/aromatic N) is 2. The van der Waals surface area contributed by atoms with Gasteiger partial charge in [0.15, 0.2) is 0 Å². The lowest BCUT2D eigenvalue weighted by Gasteiger charge is -2.21. The van der Waals surface area contributed by atoms with Crippen LogP contribution < -0.4 is 0 Å². The lowest BCUT2D eigenvalue weighted by Crippen LogP contribution is -2.16. The van der Waals surface area contributed by atoms with Crippen molar-refractivity contribution >= 4 is 15.9 Å². The molecule has 0 saturated heterocycles. The summed E-state index contributed by atoms with van der Waals surface area (Å²) in [6, 6.07) is 2.21. The second-order valence-electron chi connectivity index (χ2n) is 4.74. The molecule has 0 spiro atoms. The van der Waals surface area contributed by atoms with Crippen LogP contribution in [0.25, 0.3) is 0 Å². The van der Waals surface area contributed by atoms with Crippen LogP contribution in [0, 0.1) is 0 Å². The summed E-state index contributed by atoms with van der Waals surface area (Å²) in [4.78, 5) is 0.641. The van der Waals surface area contributed by atoms with Gasteiger partial charge in [-0.1, -0.05) is 42.1 Å². The van der Waals surface area contributed by atoms with E-state index in [9.17, 15) is 0 Å². The lowest BCUT2D eigenvalue weighted by molar-refractivity contribution is 0.510. The van der Waals surface area contributed by atoms with Gasteiger partial charge in [0.2, 0.25) is 0 Å². The molecule has 1 aliphatic rings. The molecule has 0 radical (unpaired) electrons. The fraction of sp³-hybridized carbons (Fsp3) is 0.769. The largest absolute Gasteiger partial charge is 0.269 e. The average Bonchev–Trinajstić information content (AvgIpc) is 2.61. The van der Waals surface area contributed by atoms with E-state index in [1.54, 1.807) is 0 Å². The molecule has 1 aliphatic carbocycles. The van der Waals surface area contributed by atoms with E-state index in [0.717, 1.165) is 13.0 Å². The van der Waals surface area contributed by atoms with Gasteiger partial charge >= 0.3 is 0 Å². The third-order valence-corrected chi connectivity index (χ3v) is 4.59. The van der Waals surface area contributed by atoms with Crippen molar-refractivity contribution in [1.82, 2.24) is 9.78 Å². The average molecular weight is 285 g/mol. The van der Waals surface area contributed by atoms with Gasteiger partial charge in [-0.25, -0.2) is 0 Å². The normalized spacial score (nSPS) is 26.6. The maximum Gasteiger partial charge on any atom is 0.0492 e. The molecule has 3 heteroatoms. The van der Waals surface area contributed by atoms with Crippen molar-refractivity contribution in [2.45, 2.75) is 62.7 Å². The van der Waals surface area contributed by atoms with Crippen molar-refractivity contribution in [3.63, 3.8) is 0 Å². The molecule has 1 fully saturated rings. The van der Waals surface area contributed by atoms with E-state index in [4.69, 9.17) is 0 Å². The number of aromatic nitrogens is 2. The Morgan fingerprint density at radius 1 is 1.38 bits per heavy atom. The molecule has 2 nitrogen and oxygen atoms in total. The fourth-order valence-electron chi connectivity index (χ4n) is 2.65. The molecule has 0 aromatic carbocycles. The molecule has 90 valence electrons. The zero-order valence-electron chi connectivity index (χ0n) is 10.0. The van der Waals surface area contributed by atoms with Crippen LogP contribution in [0.3, 0.4) is 0 Å². The molecule has 1 saturated carbocycles. The van der Waals surface area contributed by atoms with E-state index in [2.05, 4.69) is 38.7 Å². The molecule has 2 unspecified atom stereocenters. The first-order valence-electron chi connectivity index (χ1n) is 6.48. The van der Waals surface area contributed by atoms with Crippen LogP contribution in [0.2, 0.25) is 0 Å². The summed E-state index contributed by atoms with van der Waals surface area (Å²) in [7, 11) is 0. The van der Waals surface area contributed by atoms with Crippen molar-refractivity contribution in [2.75, 3.05) is 0 Å². The first-order chi connectivity index (χ1) is 7.83. The van der Waals surface area contributed by atoms with Gasteiger partial charge in [-0.2, -0.15) is 5.10 Å². The van der Waals surface area contributed by atoms with Crippen LogP contribution in [-0.2, 0) is 6.54 Å². The lowest BCUT2D eigenvalue weighted by atomic mass is 9.96. The zero-order valence-corrected chi connectivity index (χ0v) is 11.6. The molecule has 0 amide bonds. The smallest absolute Gasteiger partial charge is 0.0492 e. The van der Waals surface area contributed by atoms with Gasteiger partial charge in [0, 0.05) is 29.2 Å². The van der Waals surface area contributed by atoms with E-state index >= 15 is 0 Å². The Morgan fingerprint density at radius 3 is 3.00 bits per heavy atom. The quantitative estimate of drug-likeness (QED) is 0.604. The number of aryl methyl sites for hydroxylation is 1. The summed E-state index contributed by atoms with van der Waals surface area (Å²) in [5.74, 6) is 0.663. The summed E-state index contributed by atoms with van der Waals surface area (Å²) < 4.78 is 2.20. The van der Waals surface area contributed by atoms with Crippen LogP contribution in [0.1, 0.15) is 57.1 Å². The first kappa shape index (κ1) is 12.2. The summed E-state index contributed by atoms with van der Waals surface area (Å²) in [5, 5.41) is 4.44. The SMILES string of the molecule is CCCn1nccc1C1CCCCCC1Br. The maximum atomic E-state index is 4.44. The highest BCUT2D eigenvalue weighted by Gasteiger charge is 2.25. The number of alkyl halides is 1. The number of hydrogen-bond acceptors (Lipinski definition) is 1. The van der Waals surface area contributed by atoms with Crippen LogP contribution in [0.5, 0.6) is 0 Å². The third kappa shape index (κ3) is 2.68. The summed E-state index contributed by atoms with van der Waals surface area (Å²) in [6.07, 6.45) is 9.86. The van der Waals surface area contributed by atoms with E-state index in [1.165, 1.54) is 37.8 Å². The van der Waals surface area contributed by atoms with Gasteiger partial charge in [-0.05, 0) is 25.3 Å². The molecule has 1 aromatic heterocycles. The Morgan fingerprint density at radius 2 is 2.19 bits per heavy atom. The monoisotopic (exact) mass is 284 g/mol. The van der Waals surface area contributed by atoms with Crippen LogP contribution in [-0.4, -0.2) is 14.6 Å². The second kappa shape index (κ2) is 5.85. The van der Waals surface area contributed by atoms with Crippen molar-refractivity contribution in [1.29, 1.82) is 0 Å². The Bertz CT molecular complexity index is 321. The van der Waals surface area contributed by atoms with E-state index in [0.29, 0.717) is 10.7 Å². The van der Waals surface area contributed by atoms with Crippen molar-refractivity contribution in [3.05, 3.63) is 18.0 Å². The molecular formula is C13H21BrN2. The predicted octanol–water partition coefficient (Wildman–Crippen LogP) is 4.10. The van der Waals surface area contributed by atoms with E-state index in [-0.39, 0.29) is 0 Å². The Labute approximate surface area is 107 Å². The number of hydrogen-bond donors (Lipinski definition) is 0. The number of halogens is 1. The molecule has 0 aliphatic heterocycles. The molecule has 0 bridgehead atoms. The molecule has 2 rings (SSSR count). The van der Waals surface area contributed by atoms with Gasteiger partial charge in [0.1, 0.15) is 0 Å².